The van der Waals surface area contributed by atoms with Crippen molar-refractivity contribution in [2.75, 3.05) is 19.6 Å². The quantitative estimate of drug-likeness (QED) is 0.576. The van der Waals surface area contributed by atoms with Crippen LogP contribution in [0.1, 0.15) is 51.1 Å². The van der Waals surface area contributed by atoms with Crippen LogP contribution in [0.5, 0.6) is 5.75 Å². The van der Waals surface area contributed by atoms with E-state index >= 15 is 0 Å². The third kappa shape index (κ3) is 4.74. The van der Waals surface area contributed by atoms with Gasteiger partial charge in [-0.2, -0.15) is 0 Å². The van der Waals surface area contributed by atoms with Crippen molar-refractivity contribution < 1.29 is 14.1 Å². The molecule has 3 aromatic rings. The van der Waals surface area contributed by atoms with Gasteiger partial charge >= 0.3 is 0 Å². The second-order valence-electron chi connectivity index (χ2n) is 7.60. The zero-order valence-electron chi connectivity index (χ0n) is 17.4. The van der Waals surface area contributed by atoms with E-state index in [0.717, 1.165) is 30.1 Å². The van der Waals surface area contributed by atoms with Gasteiger partial charge in [0.05, 0.1) is 17.3 Å². The average molecular weight is 426 g/mol. The molecule has 7 heteroatoms. The van der Waals surface area contributed by atoms with Crippen molar-refractivity contribution in [1.82, 2.24) is 15.4 Å². The normalized spacial score (nSPS) is 15.3. The monoisotopic (exact) mass is 425 g/mol. The molecule has 6 nitrogen and oxygen atoms in total. The maximum absolute atomic E-state index is 12.7. The van der Waals surface area contributed by atoms with Gasteiger partial charge in [-0.15, -0.1) is 11.3 Å². The van der Waals surface area contributed by atoms with Crippen LogP contribution < -0.4 is 10.1 Å². The largest absolute Gasteiger partial charge is 0.489 e. The summed E-state index contributed by atoms with van der Waals surface area (Å²) in [5.74, 6) is 1.41. The third-order valence-electron chi connectivity index (χ3n) is 5.59. The fourth-order valence-corrected chi connectivity index (χ4v) is 4.66. The van der Waals surface area contributed by atoms with E-state index in [0.29, 0.717) is 24.5 Å². The first-order valence-corrected chi connectivity index (χ1v) is 11.2. The van der Waals surface area contributed by atoms with Crippen LogP contribution in [-0.2, 0) is 6.61 Å². The van der Waals surface area contributed by atoms with Crippen molar-refractivity contribution in [3.63, 3.8) is 0 Å². The minimum absolute atomic E-state index is 0.0620. The number of ether oxygens (including phenoxy) is 1. The highest BCUT2D eigenvalue weighted by atomic mass is 32.1. The van der Waals surface area contributed by atoms with Crippen LogP contribution in [0.3, 0.4) is 0 Å². The van der Waals surface area contributed by atoms with E-state index in [1.54, 1.807) is 23.5 Å². The lowest BCUT2D eigenvalue weighted by molar-refractivity contribution is 0.0938. The number of carbonyl (C=O) groups excluding carboxylic acids is 1. The Balaban J connectivity index is 1.34. The maximum Gasteiger partial charge on any atom is 0.251 e. The van der Waals surface area contributed by atoms with Gasteiger partial charge in [-0.3, -0.25) is 9.69 Å². The summed E-state index contributed by atoms with van der Waals surface area (Å²) in [6.07, 6.45) is 2.45. The van der Waals surface area contributed by atoms with Gasteiger partial charge < -0.3 is 14.6 Å². The molecule has 0 spiro atoms. The van der Waals surface area contributed by atoms with Crippen LogP contribution in [0.2, 0.25) is 0 Å². The number of likely N-dealkylation sites (tertiary alicyclic amines) is 1. The molecule has 1 unspecified atom stereocenters. The molecule has 30 heavy (non-hydrogen) atoms. The van der Waals surface area contributed by atoms with E-state index in [1.165, 1.54) is 17.7 Å². The summed E-state index contributed by atoms with van der Waals surface area (Å²) in [4.78, 5) is 16.5. The molecule has 1 aliphatic rings. The Hall–Kier alpha value is -2.64. The predicted molar refractivity (Wildman–Crippen MR) is 117 cm³/mol. The number of hydrogen-bond acceptors (Lipinski definition) is 6. The van der Waals surface area contributed by atoms with Gasteiger partial charge in [0.15, 0.2) is 0 Å². The number of nitrogens with zero attached hydrogens (tertiary/aromatic N) is 2. The van der Waals surface area contributed by atoms with Crippen LogP contribution in [0.15, 0.2) is 46.3 Å². The molecular weight excluding hydrogens is 398 g/mol. The molecule has 158 valence electrons. The standard InChI is InChI=1S/C23H27N3O3S/c1-16-20(17(2)29-25-16)15-28-19-9-7-18(8-10-19)23(27)24-14-21(22-6-5-13-30-22)26-11-3-4-12-26/h5-10,13,21H,3-4,11-12,14-15H2,1-2H3,(H,24,27). The number of hydrogen-bond donors (Lipinski definition) is 1. The summed E-state index contributed by atoms with van der Waals surface area (Å²) in [5, 5.41) is 9.15. The molecule has 1 N–H and O–H groups in total. The highest BCUT2D eigenvalue weighted by Crippen LogP contribution is 2.28. The molecule has 0 radical (unpaired) electrons. The number of thiophene rings is 1. The molecule has 1 amide bonds. The number of aryl methyl sites for hydroxylation is 2. The Morgan fingerprint density at radius 3 is 2.63 bits per heavy atom. The fourth-order valence-electron chi connectivity index (χ4n) is 3.80. The number of amides is 1. The summed E-state index contributed by atoms with van der Waals surface area (Å²) in [6.45, 7) is 6.96. The first-order valence-electron chi connectivity index (χ1n) is 10.3. The molecule has 1 aliphatic heterocycles. The summed E-state index contributed by atoms with van der Waals surface area (Å²) in [6, 6.07) is 11.7. The van der Waals surface area contributed by atoms with E-state index < -0.39 is 0 Å². The Morgan fingerprint density at radius 1 is 1.23 bits per heavy atom. The van der Waals surface area contributed by atoms with E-state index in [9.17, 15) is 4.79 Å². The fraction of sp³-hybridized carbons (Fsp3) is 0.391. The zero-order chi connectivity index (χ0) is 20.9. The smallest absolute Gasteiger partial charge is 0.251 e. The van der Waals surface area contributed by atoms with Crippen LogP contribution >= 0.6 is 11.3 Å². The molecule has 4 rings (SSSR count). The van der Waals surface area contributed by atoms with Gasteiger partial charge in [0, 0.05) is 17.0 Å². The summed E-state index contributed by atoms with van der Waals surface area (Å²) < 4.78 is 11.0. The van der Waals surface area contributed by atoms with Crippen molar-refractivity contribution in [2.24, 2.45) is 0 Å². The molecule has 2 aromatic heterocycles. The van der Waals surface area contributed by atoms with E-state index in [4.69, 9.17) is 9.26 Å². The molecular formula is C23H27N3O3S. The van der Waals surface area contributed by atoms with Gasteiger partial charge in [0.2, 0.25) is 0 Å². The predicted octanol–water partition coefficient (Wildman–Crippen LogP) is 4.50. The molecule has 1 fully saturated rings. The van der Waals surface area contributed by atoms with Crippen molar-refractivity contribution in [3.8, 4) is 5.75 Å². The zero-order valence-corrected chi connectivity index (χ0v) is 18.2. The lowest BCUT2D eigenvalue weighted by Crippen LogP contribution is -2.36. The third-order valence-corrected chi connectivity index (χ3v) is 6.56. The van der Waals surface area contributed by atoms with Gasteiger partial charge in [-0.1, -0.05) is 11.2 Å². The van der Waals surface area contributed by atoms with E-state index in [1.807, 2.05) is 26.0 Å². The topological polar surface area (TPSA) is 67.6 Å². The van der Waals surface area contributed by atoms with Crippen LogP contribution in [0.4, 0.5) is 0 Å². The second kappa shape index (κ2) is 9.45. The number of nitrogens with one attached hydrogen (secondary N) is 1. The molecule has 1 saturated heterocycles. The summed E-state index contributed by atoms with van der Waals surface area (Å²) >= 11 is 1.75. The minimum atomic E-state index is -0.0620. The molecule has 0 aliphatic carbocycles. The van der Waals surface area contributed by atoms with Crippen molar-refractivity contribution in [1.29, 1.82) is 0 Å². The number of benzene rings is 1. The minimum Gasteiger partial charge on any atom is -0.489 e. The van der Waals surface area contributed by atoms with Crippen LogP contribution in [0, 0.1) is 13.8 Å². The highest BCUT2D eigenvalue weighted by Gasteiger charge is 2.24. The Morgan fingerprint density at radius 2 is 2.00 bits per heavy atom. The Labute approximate surface area is 180 Å². The number of rotatable bonds is 8. The summed E-state index contributed by atoms with van der Waals surface area (Å²) in [5.41, 5.74) is 2.42. The lowest BCUT2D eigenvalue weighted by atomic mass is 10.1. The van der Waals surface area contributed by atoms with Crippen molar-refractivity contribution in [3.05, 3.63) is 69.2 Å². The Bertz CT molecular complexity index is 941. The van der Waals surface area contributed by atoms with Crippen LogP contribution in [0.25, 0.3) is 0 Å². The maximum atomic E-state index is 12.7. The van der Waals surface area contributed by atoms with E-state index in [-0.39, 0.29) is 11.9 Å². The van der Waals surface area contributed by atoms with Crippen LogP contribution in [-0.4, -0.2) is 35.6 Å². The lowest BCUT2D eigenvalue weighted by Gasteiger charge is -2.27. The molecule has 0 saturated carbocycles. The van der Waals surface area contributed by atoms with Gasteiger partial charge in [0.1, 0.15) is 18.1 Å². The van der Waals surface area contributed by atoms with Gasteiger partial charge in [-0.05, 0) is 75.5 Å². The SMILES string of the molecule is Cc1noc(C)c1COc1ccc(C(=O)NCC(c2cccs2)N2CCCC2)cc1. The summed E-state index contributed by atoms with van der Waals surface area (Å²) in [7, 11) is 0. The van der Waals surface area contributed by atoms with Crippen molar-refractivity contribution in [2.45, 2.75) is 39.3 Å². The number of aromatic nitrogens is 1. The molecule has 1 atom stereocenters. The highest BCUT2D eigenvalue weighted by molar-refractivity contribution is 7.10. The van der Waals surface area contributed by atoms with Gasteiger partial charge in [0.25, 0.3) is 5.91 Å². The molecule has 0 bridgehead atoms. The second-order valence-corrected chi connectivity index (χ2v) is 8.58. The first-order chi connectivity index (χ1) is 14.6. The van der Waals surface area contributed by atoms with Gasteiger partial charge in [-0.25, -0.2) is 0 Å². The average Bonchev–Trinajstić information content (AvgIpc) is 3.52. The number of carbonyl (C=O) groups is 1. The molecule has 3 heterocycles. The first kappa shape index (κ1) is 20.6. The Kier molecular flexibility index (Phi) is 6.50. The van der Waals surface area contributed by atoms with Crippen molar-refractivity contribution >= 4 is 17.2 Å². The molecule has 1 aromatic carbocycles. The van der Waals surface area contributed by atoms with E-state index in [2.05, 4.69) is 32.9 Å².